The second-order valence-electron chi connectivity index (χ2n) is 8.55. The van der Waals surface area contributed by atoms with E-state index in [1.165, 1.54) is 0 Å². The number of benzene rings is 2. The first-order valence-corrected chi connectivity index (χ1v) is 11.4. The maximum Gasteiger partial charge on any atom is 0.228 e. The molecule has 3 heterocycles. The molecule has 0 aliphatic carbocycles. The third kappa shape index (κ3) is 4.02. The third-order valence-corrected chi connectivity index (χ3v) is 6.35. The van der Waals surface area contributed by atoms with Gasteiger partial charge in [-0.3, -0.25) is 4.57 Å². The molecule has 0 radical (unpaired) electrons. The summed E-state index contributed by atoms with van der Waals surface area (Å²) in [7, 11) is 1.61. The van der Waals surface area contributed by atoms with Crippen LogP contribution in [0.15, 0.2) is 42.9 Å². The largest absolute Gasteiger partial charge is 0.495 e. The van der Waals surface area contributed by atoms with E-state index in [2.05, 4.69) is 15.2 Å². The molecule has 0 N–H and O–H groups in total. The van der Waals surface area contributed by atoms with Crippen LogP contribution in [0.2, 0.25) is 0 Å². The topological polar surface area (TPSA) is 61.0 Å². The summed E-state index contributed by atoms with van der Waals surface area (Å²) in [6.07, 6.45) is 5.00. The molecule has 1 aliphatic heterocycles. The first-order valence-electron chi connectivity index (χ1n) is 11.4. The van der Waals surface area contributed by atoms with Gasteiger partial charge < -0.3 is 14.2 Å². The predicted octanol–water partition coefficient (Wildman–Crippen LogP) is 5.23. The van der Waals surface area contributed by atoms with Crippen molar-refractivity contribution in [3.8, 4) is 22.8 Å². The number of ether oxygens (including phenoxy) is 1. The minimum absolute atomic E-state index is 0.364. The van der Waals surface area contributed by atoms with Gasteiger partial charge in [-0.25, -0.2) is 18.2 Å². The Kier molecular flexibility index (Phi) is 5.96. The van der Waals surface area contributed by atoms with Crippen molar-refractivity contribution in [1.82, 2.24) is 24.3 Å². The maximum atomic E-state index is 14.0. The number of methoxy groups -OCH3 is 1. The van der Waals surface area contributed by atoms with E-state index >= 15 is 0 Å². The minimum Gasteiger partial charge on any atom is -0.495 e. The molecule has 0 saturated heterocycles. The quantitative estimate of drug-likeness (QED) is 0.353. The van der Waals surface area contributed by atoms with Crippen molar-refractivity contribution in [3.05, 3.63) is 71.6 Å². The van der Waals surface area contributed by atoms with Crippen molar-refractivity contribution in [2.75, 3.05) is 18.6 Å². The maximum absolute atomic E-state index is 14.0. The first kappa shape index (κ1) is 22.9. The van der Waals surface area contributed by atoms with Crippen molar-refractivity contribution in [2.24, 2.45) is 0 Å². The lowest BCUT2D eigenvalue weighted by Crippen LogP contribution is -2.36. The molecular formula is C25H25F3N6O. The smallest absolute Gasteiger partial charge is 0.228 e. The highest BCUT2D eigenvalue weighted by Crippen LogP contribution is 2.36. The fourth-order valence-electron chi connectivity index (χ4n) is 4.71. The zero-order valence-electron chi connectivity index (χ0n) is 19.7. The van der Waals surface area contributed by atoms with Crippen LogP contribution in [-0.2, 0) is 6.54 Å². The summed E-state index contributed by atoms with van der Waals surface area (Å²) in [5, 5.41) is 8.88. The summed E-state index contributed by atoms with van der Waals surface area (Å²) in [6, 6.07) is 7.54. The van der Waals surface area contributed by atoms with Crippen LogP contribution in [0.1, 0.15) is 37.1 Å². The van der Waals surface area contributed by atoms with Gasteiger partial charge in [0.25, 0.3) is 0 Å². The van der Waals surface area contributed by atoms with Gasteiger partial charge in [-0.15, -0.1) is 10.2 Å². The molecular weight excluding hydrogens is 457 g/mol. The highest BCUT2D eigenvalue weighted by atomic mass is 19.2. The second kappa shape index (κ2) is 9.09. The van der Waals surface area contributed by atoms with E-state index in [9.17, 15) is 13.2 Å². The summed E-state index contributed by atoms with van der Waals surface area (Å²) in [6.45, 7) is 5.17. The van der Waals surface area contributed by atoms with Crippen LogP contribution in [0.5, 0.6) is 5.75 Å². The van der Waals surface area contributed by atoms with Crippen LogP contribution in [0.4, 0.5) is 19.1 Å². The third-order valence-electron chi connectivity index (χ3n) is 6.35. The van der Waals surface area contributed by atoms with Crippen molar-refractivity contribution in [3.63, 3.8) is 0 Å². The molecule has 1 aliphatic rings. The van der Waals surface area contributed by atoms with Gasteiger partial charge in [0.15, 0.2) is 23.3 Å². The van der Waals surface area contributed by atoms with Gasteiger partial charge in [0.1, 0.15) is 5.75 Å². The van der Waals surface area contributed by atoms with Crippen LogP contribution in [0, 0.1) is 24.4 Å². The number of nitrogens with zero attached hydrogens (tertiary/aromatic N) is 6. The first-order chi connectivity index (χ1) is 16.9. The Hall–Kier alpha value is -3.82. The van der Waals surface area contributed by atoms with Gasteiger partial charge >= 0.3 is 0 Å². The normalized spacial score (nSPS) is 14.2. The molecule has 1 unspecified atom stereocenters. The number of hydrogen-bond acceptors (Lipinski definition) is 5. The van der Waals surface area contributed by atoms with Crippen LogP contribution >= 0.6 is 0 Å². The molecule has 10 heteroatoms. The highest BCUT2D eigenvalue weighted by molar-refractivity contribution is 5.65. The standard InChI is InChI=1S/C25H25F3N6O/c1-4-20(17-10-18(26)23(28)19(27)11-17)33-8-5-9-34-24(30-31-25(33)34)16-6-7-21(22(12-16)35-3)32-13-15(2)29-14-32/h6-7,10-14,20H,4-5,8-9H2,1-3H3. The number of aryl methyl sites for hydroxylation is 1. The van der Waals surface area contributed by atoms with Gasteiger partial charge in [-0.05, 0) is 55.7 Å². The average Bonchev–Trinajstić information content (AvgIpc) is 3.49. The van der Waals surface area contributed by atoms with Gasteiger partial charge in [-0.2, -0.15) is 0 Å². The summed E-state index contributed by atoms with van der Waals surface area (Å²) in [5.41, 5.74) is 2.94. The Bertz CT molecular complexity index is 1360. The van der Waals surface area contributed by atoms with Crippen LogP contribution < -0.4 is 9.64 Å². The van der Waals surface area contributed by atoms with E-state index in [0.29, 0.717) is 42.6 Å². The molecule has 1 atom stereocenters. The minimum atomic E-state index is -1.46. The fourth-order valence-corrected chi connectivity index (χ4v) is 4.71. The Morgan fingerprint density at radius 1 is 1.06 bits per heavy atom. The molecule has 0 amide bonds. The Labute approximate surface area is 200 Å². The molecule has 7 nitrogen and oxygen atoms in total. The number of anilines is 1. The molecule has 2 aromatic heterocycles. The monoisotopic (exact) mass is 482 g/mol. The van der Waals surface area contributed by atoms with E-state index in [1.54, 1.807) is 13.4 Å². The lowest BCUT2D eigenvalue weighted by atomic mass is 10.0. The van der Waals surface area contributed by atoms with Crippen molar-refractivity contribution in [2.45, 2.75) is 39.3 Å². The van der Waals surface area contributed by atoms with Crippen molar-refractivity contribution >= 4 is 5.95 Å². The van der Waals surface area contributed by atoms with Gasteiger partial charge in [-0.1, -0.05) is 6.92 Å². The van der Waals surface area contributed by atoms with Crippen molar-refractivity contribution < 1.29 is 17.9 Å². The molecule has 5 rings (SSSR count). The molecule has 0 fully saturated rings. The number of fused-ring (bicyclic) bond motifs is 1. The summed E-state index contributed by atoms with van der Waals surface area (Å²) < 4.78 is 51.0. The lowest BCUT2D eigenvalue weighted by Gasteiger charge is -2.35. The number of halogens is 3. The predicted molar refractivity (Wildman–Crippen MR) is 125 cm³/mol. The van der Waals surface area contributed by atoms with E-state index in [4.69, 9.17) is 4.74 Å². The van der Waals surface area contributed by atoms with Gasteiger partial charge in [0.05, 0.1) is 30.9 Å². The van der Waals surface area contributed by atoms with Crippen LogP contribution in [0.25, 0.3) is 17.1 Å². The summed E-state index contributed by atoms with van der Waals surface area (Å²) in [5.74, 6) is -1.92. The molecule has 4 aromatic rings. The number of hydrogen-bond donors (Lipinski definition) is 0. The summed E-state index contributed by atoms with van der Waals surface area (Å²) >= 11 is 0. The second-order valence-corrected chi connectivity index (χ2v) is 8.55. The molecule has 2 aromatic carbocycles. The number of imidazole rings is 1. The molecule has 0 saturated carbocycles. The number of rotatable bonds is 6. The van der Waals surface area contributed by atoms with E-state index in [0.717, 1.165) is 35.5 Å². The zero-order valence-corrected chi connectivity index (χ0v) is 19.7. The summed E-state index contributed by atoms with van der Waals surface area (Å²) in [4.78, 5) is 6.26. The lowest BCUT2D eigenvalue weighted by molar-refractivity contribution is 0.413. The SMILES string of the molecule is CCC(c1cc(F)c(F)c(F)c1)N1CCCn2c(-c3ccc(-n4cnc(C)c4)c(OC)c3)nnc21. The van der Waals surface area contributed by atoms with E-state index < -0.39 is 17.5 Å². The molecule has 0 spiro atoms. The van der Waals surface area contributed by atoms with Crippen LogP contribution in [0.3, 0.4) is 0 Å². The fraction of sp³-hybridized carbons (Fsp3) is 0.320. The Balaban J connectivity index is 1.52. The van der Waals surface area contributed by atoms with E-state index in [1.807, 2.05) is 52.3 Å². The van der Waals surface area contributed by atoms with Crippen LogP contribution in [-0.4, -0.2) is 38.0 Å². The van der Waals surface area contributed by atoms with Gasteiger partial charge in [0.2, 0.25) is 5.95 Å². The molecule has 0 bridgehead atoms. The molecule has 35 heavy (non-hydrogen) atoms. The highest BCUT2D eigenvalue weighted by Gasteiger charge is 2.30. The Morgan fingerprint density at radius 2 is 1.83 bits per heavy atom. The zero-order chi connectivity index (χ0) is 24.7. The molecule has 182 valence electrons. The van der Waals surface area contributed by atoms with Gasteiger partial charge in [0, 0.05) is 24.8 Å². The van der Waals surface area contributed by atoms with Crippen molar-refractivity contribution in [1.29, 1.82) is 0 Å². The average molecular weight is 483 g/mol. The Morgan fingerprint density at radius 3 is 2.49 bits per heavy atom. The van der Waals surface area contributed by atoms with E-state index in [-0.39, 0.29) is 6.04 Å². The number of aromatic nitrogens is 5.